The van der Waals surface area contributed by atoms with Gasteiger partial charge in [-0.05, 0) is 62.4 Å². The first-order chi connectivity index (χ1) is 15.0. The van der Waals surface area contributed by atoms with Gasteiger partial charge in [0.2, 0.25) is 11.8 Å². The van der Waals surface area contributed by atoms with Gasteiger partial charge >= 0.3 is 0 Å². The molecule has 0 heterocycles. The molecule has 0 aliphatic carbocycles. The molecule has 1 atom stereocenters. The number of benzene rings is 2. The van der Waals surface area contributed by atoms with Crippen molar-refractivity contribution in [3.8, 4) is 11.5 Å². The lowest BCUT2D eigenvalue weighted by Crippen LogP contribution is -2.18. The van der Waals surface area contributed by atoms with Gasteiger partial charge in [0.15, 0.2) is 0 Å². The Bertz CT molecular complexity index is 813. The molecular formula is C23H30N2O4S2. The second-order valence-corrected chi connectivity index (χ2v) is 9.10. The zero-order valence-corrected chi connectivity index (χ0v) is 19.8. The van der Waals surface area contributed by atoms with E-state index in [4.69, 9.17) is 9.47 Å². The second kappa shape index (κ2) is 13.9. The van der Waals surface area contributed by atoms with Crippen molar-refractivity contribution in [3.63, 3.8) is 0 Å². The van der Waals surface area contributed by atoms with Crippen molar-refractivity contribution in [2.24, 2.45) is 0 Å². The Labute approximate surface area is 192 Å². The number of carbonyl (C=O) groups is 2. The van der Waals surface area contributed by atoms with Crippen LogP contribution >= 0.6 is 23.5 Å². The minimum atomic E-state index is -0.0424. The number of rotatable bonds is 13. The molecule has 0 fully saturated rings. The van der Waals surface area contributed by atoms with Crippen LogP contribution in [0.25, 0.3) is 0 Å². The van der Waals surface area contributed by atoms with Crippen LogP contribution in [0.5, 0.6) is 11.5 Å². The van der Waals surface area contributed by atoms with Gasteiger partial charge in [-0.25, -0.2) is 0 Å². The Balaban J connectivity index is 1.60. The van der Waals surface area contributed by atoms with E-state index < -0.39 is 0 Å². The topological polar surface area (TPSA) is 76.7 Å². The number of thioether (sulfide) groups is 2. The maximum Gasteiger partial charge on any atom is 0.234 e. The van der Waals surface area contributed by atoms with Crippen molar-refractivity contribution in [1.29, 1.82) is 0 Å². The summed E-state index contributed by atoms with van der Waals surface area (Å²) >= 11 is 3.13. The van der Waals surface area contributed by atoms with E-state index in [-0.39, 0.29) is 17.1 Å². The van der Waals surface area contributed by atoms with Gasteiger partial charge in [0, 0.05) is 22.4 Å². The van der Waals surface area contributed by atoms with E-state index in [0.717, 1.165) is 28.6 Å². The molecule has 6 nitrogen and oxygen atoms in total. The molecule has 0 bridgehead atoms. The standard InChI is InChI=1S/C23H30N2O4S2/c1-4-28-20-10-6-18(7-11-20)24-22(26)15-30-14-17(3)31-16-23(27)25-19-8-12-21(13-9-19)29-5-2/h6-13,17H,4-5,14-16H2,1-3H3,(H,24,26)(H,25,27). The number of hydrogen-bond acceptors (Lipinski definition) is 6. The SMILES string of the molecule is CCOc1ccc(NC(=O)CSCC(C)SCC(=O)Nc2ccc(OCC)cc2)cc1. The van der Waals surface area contributed by atoms with E-state index in [2.05, 4.69) is 17.6 Å². The van der Waals surface area contributed by atoms with Gasteiger partial charge in [-0.3, -0.25) is 9.59 Å². The zero-order valence-electron chi connectivity index (χ0n) is 18.2. The van der Waals surface area contributed by atoms with Crippen LogP contribution in [0.2, 0.25) is 0 Å². The molecule has 2 rings (SSSR count). The van der Waals surface area contributed by atoms with Crippen LogP contribution in [-0.4, -0.2) is 47.5 Å². The van der Waals surface area contributed by atoms with Gasteiger partial charge in [-0.2, -0.15) is 11.8 Å². The molecule has 0 saturated carbocycles. The highest BCUT2D eigenvalue weighted by molar-refractivity contribution is 8.04. The molecule has 2 N–H and O–H groups in total. The molecular weight excluding hydrogens is 432 g/mol. The second-order valence-electron chi connectivity index (χ2n) is 6.65. The molecule has 8 heteroatoms. The predicted molar refractivity (Wildman–Crippen MR) is 132 cm³/mol. The lowest BCUT2D eigenvalue weighted by Gasteiger charge is -2.12. The van der Waals surface area contributed by atoms with Crippen molar-refractivity contribution >= 4 is 46.7 Å². The van der Waals surface area contributed by atoms with Crippen molar-refractivity contribution in [1.82, 2.24) is 0 Å². The number of nitrogens with one attached hydrogen (secondary N) is 2. The third kappa shape index (κ3) is 10.0. The number of hydrogen-bond donors (Lipinski definition) is 2. The molecule has 0 spiro atoms. The minimum absolute atomic E-state index is 0.0420. The van der Waals surface area contributed by atoms with Gasteiger partial charge in [0.1, 0.15) is 11.5 Å². The first-order valence-corrected chi connectivity index (χ1v) is 12.4. The first-order valence-electron chi connectivity index (χ1n) is 10.2. The first kappa shape index (κ1) is 24.9. The molecule has 0 aliphatic rings. The fourth-order valence-electron chi connectivity index (χ4n) is 2.58. The van der Waals surface area contributed by atoms with Crippen LogP contribution in [0, 0.1) is 0 Å². The fraction of sp³-hybridized carbons (Fsp3) is 0.391. The van der Waals surface area contributed by atoms with E-state index in [1.807, 2.05) is 62.4 Å². The summed E-state index contributed by atoms with van der Waals surface area (Å²) in [5, 5.41) is 6.02. The molecule has 0 radical (unpaired) electrons. The van der Waals surface area contributed by atoms with Crippen LogP contribution in [0.4, 0.5) is 11.4 Å². The summed E-state index contributed by atoms with van der Waals surface area (Å²) in [7, 11) is 0. The van der Waals surface area contributed by atoms with Crippen molar-refractivity contribution in [3.05, 3.63) is 48.5 Å². The van der Waals surface area contributed by atoms with Crippen LogP contribution in [0.1, 0.15) is 20.8 Å². The largest absolute Gasteiger partial charge is 0.494 e. The number of carbonyl (C=O) groups excluding carboxylic acids is 2. The maximum absolute atomic E-state index is 12.1. The summed E-state index contributed by atoms with van der Waals surface area (Å²) in [6, 6.07) is 14.7. The molecule has 0 aliphatic heterocycles. The van der Waals surface area contributed by atoms with Gasteiger partial charge in [0.25, 0.3) is 0 Å². The average molecular weight is 463 g/mol. The van der Waals surface area contributed by atoms with Crippen molar-refractivity contribution in [2.75, 3.05) is 41.1 Å². The normalized spacial score (nSPS) is 11.5. The number of amides is 2. The third-order valence-electron chi connectivity index (χ3n) is 3.98. The molecule has 2 amide bonds. The highest BCUT2D eigenvalue weighted by atomic mass is 32.2. The molecule has 2 aromatic carbocycles. The van der Waals surface area contributed by atoms with Crippen LogP contribution in [0.15, 0.2) is 48.5 Å². The van der Waals surface area contributed by atoms with E-state index in [1.165, 1.54) is 0 Å². The Hall–Kier alpha value is -2.32. The Morgan fingerprint density at radius 1 is 0.806 bits per heavy atom. The van der Waals surface area contributed by atoms with Gasteiger partial charge in [0.05, 0.1) is 24.7 Å². The van der Waals surface area contributed by atoms with E-state index >= 15 is 0 Å². The summed E-state index contributed by atoms with van der Waals surface area (Å²) in [6.45, 7) is 7.15. The fourth-order valence-corrected chi connectivity index (χ4v) is 4.47. The lowest BCUT2D eigenvalue weighted by atomic mass is 10.3. The third-order valence-corrected chi connectivity index (χ3v) is 6.56. The molecule has 0 saturated heterocycles. The van der Waals surface area contributed by atoms with E-state index in [1.54, 1.807) is 23.5 Å². The van der Waals surface area contributed by atoms with Crippen LogP contribution < -0.4 is 20.1 Å². The average Bonchev–Trinajstić information content (AvgIpc) is 2.75. The molecule has 0 aromatic heterocycles. The molecule has 31 heavy (non-hydrogen) atoms. The predicted octanol–water partition coefficient (Wildman–Crippen LogP) is 4.92. The highest BCUT2D eigenvalue weighted by Gasteiger charge is 2.10. The van der Waals surface area contributed by atoms with Gasteiger partial charge < -0.3 is 20.1 Å². The molecule has 2 aromatic rings. The van der Waals surface area contributed by atoms with Crippen LogP contribution in [0.3, 0.4) is 0 Å². The molecule has 168 valence electrons. The minimum Gasteiger partial charge on any atom is -0.494 e. The maximum atomic E-state index is 12.1. The smallest absolute Gasteiger partial charge is 0.234 e. The zero-order chi connectivity index (χ0) is 22.5. The number of anilines is 2. The summed E-state index contributed by atoms with van der Waals surface area (Å²) in [4.78, 5) is 24.2. The van der Waals surface area contributed by atoms with E-state index in [0.29, 0.717) is 24.7 Å². The summed E-state index contributed by atoms with van der Waals surface area (Å²) in [5.41, 5.74) is 1.50. The Kier molecular flexibility index (Phi) is 11.2. The number of ether oxygens (including phenoxy) is 2. The highest BCUT2D eigenvalue weighted by Crippen LogP contribution is 2.19. The van der Waals surface area contributed by atoms with Gasteiger partial charge in [-0.1, -0.05) is 6.92 Å². The van der Waals surface area contributed by atoms with E-state index in [9.17, 15) is 9.59 Å². The summed E-state index contributed by atoms with van der Waals surface area (Å²) in [6.07, 6.45) is 0. The van der Waals surface area contributed by atoms with Crippen molar-refractivity contribution in [2.45, 2.75) is 26.0 Å². The van der Waals surface area contributed by atoms with Crippen molar-refractivity contribution < 1.29 is 19.1 Å². The molecule has 1 unspecified atom stereocenters. The quantitative estimate of drug-likeness (QED) is 0.440. The summed E-state index contributed by atoms with van der Waals surface area (Å²) in [5.74, 6) is 3.01. The monoisotopic (exact) mass is 462 g/mol. The van der Waals surface area contributed by atoms with Crippen LogP contribution in [-0.2, 0) is 9.59 Å². The summed E-state index contributed by atoms with van der Waals surface area (Å²) < 4.78 is 10.8. The Morgan fingerprint density at radius 3 is 1.71 bits per heavy atom. The van der Waals surface area contributed by atoms with Gasteiger partial charge in [-0.15, -0.1) is 11.8 Å². The lowest BCUT2D eigenvalue weighted by molar-refractivity contribution is -0.114. The Morgan fingerprint density at radius 2 is 1.26 bits per heavy atom.